The molecule has 0 saturated carbocycles. The number of pyridine rings is 1. The predicted octanol–water partition coefficient (Wildman–Crippen LogP) is 0.0848. The van der Waals surface area contributed by atoms with Gasteiger partial charge < -0.3 is 11.1 Å². The van der Waals surface area contributed by atoms with Crippen LogP contribution in [0.5, 0.6) is 0 Å². The number of nitrogens with zero attached hydrogens (tertiary/aromatic N) is 1. The second-order valence-electron chi connectivity index (χ2n) is 2.15. The Labute approximate surface area is 75.5 Å². The fourth-order valence-corrected chi connectivity index (χ4v) is 0.867. The molecule has 12 heavy (non-hydrogen) atoms. The van der Waals surface area contributed by atoms with Crippen LogP contribution in [0, 0.1) is 5.41 Å². The lowest BCUT2D eigenvalue weighted by Gasteiger charge is -2.01. The van der Waals surface area contributed by atoms with Gasteiger partial charge in [-0.3, -0.25) is 0 Å². The number of nitrogens with one attached hydrogen (secondary N) is 2. The maximum Gasteiger partial charge on any atom is 0.281 e. The Morgan fingerprint density at radius 1 is 1.58 bits per heavy atom. The van der Waals surface area contributed by atoms with Crippen LogP contribution in [0.1, 0.15) is 0 Å². The van der Waals surface area contributed by atoms with Crippen LogP contribution in [0.15, 0.2) is 24.5 Å². The van der Waals surface area contributed by atoms with Crippen molar-refractivity contribution in [1.29, 1.82) is 5.41 Å². The van der Waals surface area contributed by atoms with Gasteiger partial charge in [0.15, 0.2) is 5.11 Å². The molecule has 1 aromatic rings. The first-order chi connectivity index (χ1) is 5.72. The average molecular weight is 181 g/mol. The number of nitrogens with two attached hydrogens (primary N) is 1. The zero-order valence-corrected chi connectivity index (χ0v) is 7.14. The Balaban J connectivity index is 2.77. The summed E-state index contributed by atoms with van der Waals surface area (Å²) in [5.74, 6) is 0. The summed E-state index contributed by atoms with van der Waals surface area (Å²) in [4.78, 5) is 0. The van der Waals surface area contributed by atoms with Crippen molar-refractivity contribution in [3.63, 3.8) is 0 Å². The summed E-state index contributed by atoms with van der Waals surface area (Å²) >= 11 is 4.65. The molecule has 1 aromatic heterocycles. The minimum absolute atomic E-state index is 0.239. The van der Waals surface area contributed by atoms with E-state index in [4.69, 9.17) is 11.1 Å². The van der Waals surface area contributed by atoms with Gasteiger partial charge in [0, 0.05) is 17.8 Å². The summed E-state index contributed by atoms with van der Waals surface area (Å²) < 4.78 is 1.60. The third-order valence-corrected chi connectivity index (χ3v) is 1.37. The fourth-order valence-electron chi connectivity index (χ4n) is 0.750. The van der Waals surface area contributed by atoms with E-state index in [9.17, 15) is 0 Å². The lowest BCUT2D eigenvalue weighted by Crippen LogP contribution is -2.31. The molecule has 4 nitrogen and oxygen atoms in total. The lowest BCUT2D eigenvalue weighted by molar-refractivity contribution is -0.546. The van der Waals surface area contributed by atoms with Crippen LogP contribution in [0.4, 0.5) is 5.69 Å². The molecule has 1 rings (SSSR count). The molecular formula is C7H9N4S+. The molecule has 0 spiro atoms. The SMILES string of the molecule is N=C[n+]1ccc(NC(N)=S)cc1. The van der Waals surface area contributed by atoms with Crippen LogP contribution in [-0.2, 0) is 0 Å². The Morgan fingerprint density at radius 2 is 2.17 bits per heavy atom. The van der Waals surface area contributed by atoms with E-state index in [-0.39, 0.29) is 5.11 Å². The van der Waals surface area contributed by atoms with Crippen LogP contribution >= 0.6 is 12.2 Å². The summed E-state index contributed by atoms with van der Waals surface area (Å²) in [7, 11) is 0. The highest BCUT2D eigenvalue weighted by atomic mass is 32.1. The van der Waals surface area contributed by atoms with Crippen LogP contribution in [-0.4, -0.2) is 11.5 Å². The molecule has 0 aliphatic rings. The van der Waals surface area contributed by atoms with Gasteiger partial charge in [0.05, 0.1) is 12.4 Å². The van der Waals surface area contributed by atoms with E-state index >= 15 is 0 Å². The van der Waals surface area contributed by atoms with Gasteiger partial charge in [-0.05, 0) is 12.2 Å². The largest absolute Gasteiger partial charge is 0.376 e. The van der Waals surface area contributed by atoms with Gasteiger partial charge >= 0.3 is 0 Å². The molecule has 0 aliphatic heterocycles. The molecule has 0 fully saturated rings. The Hall–Kier alpha value is -1.49. The summed E-state index contributed by atoms with van der Waals surface area (Å²) in [5.41, 5.74) is 6.08. The second-order valence-corrected chi connectivity index (χ2v) is 2.59. The van der Waals surface area contributed by atoms with Gasteiger partial charge in [0.25, 0.3) is 6.34 Å². The van der Waals surface area contributed by atoms with Crippen LogP contribution in [0.2, 0.25) is 0 Å². The van der Waals surface area contributed by atoms with Crippen molar-refractivity contribution in [3.8, 4) is 0 Å². The lowest BCUT2D eigenvalue weighted by atomic mass is 10.4. The van der Waals surface area contributed by atoms with Gasteiger partial charge in [-0.15, -0.1) is 5.41 Å². The van der Waals surface area contributed by atoms with Crippen molar-refractivity contribution in [2.24, 2.45) is 5.73 Å². The first kappa shape index (κ1) is 8.61. The smallest absolute Gasteiger partial charge is 0.281 e. The summed E-state index contributed by atoms with van der Waals surface area (Å²) in [6.45, 7) is 0. The van der Waals surface area contributed by atoms with E-state index in [0.29, 0.717) is 0 Å². The maximum atomic E-state index is 6.92. The summed E-state index contributed by atoms with van der Waals surface area (Å²) in [6, 6.07) is 3.56. The number of hydrogen-bond donors (Lipinski definition) is 3. The van der Waals surface area contributed by atoms with Crippen molar-refractivity contribution in [2.75, 3.05) is 5.32 Å². The first-order valence-corrected chi connectivity index (χ1v) is 3.71. The van der Waals surface area contributed by atoms with Crippen LogP contribution < -0.4 is 15.6 Å². The van der Waals surface area contributed by atoms with Crippen molar-refractivity contribution >= 4 is 29.4 Å². The molecule has 62 valence electrons. The Bertz CT molecular complexity index is 293. The van der Waals surface area contributed by atoms with Gasteiger partial charge in [0.1, 0.15) is 0 Å². The molecular weight excluding hydrogens is 172 g/mol. The van der Waals surface area contributed by atoms with Crippen LogP contribution in [0.3, 0.4) is 0 Å². The highest BCUT2D eigenvalue weighted by Crippen LogP contribution is 2.00. The number of aromatic nitrogens is 1. The zero-order valence-electron chi connectivity index (χ0n) is 6.32. The molecule has 0 saturated heterocycles. The molecule has 0 amide bonds. The van der Waals surface area contributed by atoms with E-state index in [1.165, 1.54) is 6.34 Å². The maximum absolute atomic E-state index is 6.92. The number of hydrogen-bond acceptors (Lipinski definition) is 2. The molecule has 0 atom stereocenters. The van der Waals surface area contributed by atoms with E-state index in [1.54, 1.807) is 29.1 Å². The van der Waals surface area contributed by atoms with Crippen molar-refractivity contribution in [1.82, 2.24) is 0 Å². The first-order valence-electron chi connectivity index (χ1n) is 3.30. The van der Waals surface area contributed by atoms with Crippen molar-refractivity contribution < 1.29 is 4.57 Å². The third kappa shape index (κ3) is 2.28. The monoisotopic (exact) mass is 181 g/mol. The Morgan fingerprint density at radius 3 is 2.58 bits per heavy atom. The molecule has 4 N–H and O–H groups in total. The normalized spacial score (nSPS) is 9.00. The van der Waals surface area contributed by atoms with E-state index in [2.05, 4.69) is 17.5 Å². The van der Waals surface area contributed by atoms with Gasteiger partial charge in [-0.1, -0.05) is 0 Å². The number of rotatable bonds is 2. The second kappa shape index (κ2) is 3.77. The summed E-state index contributed by atoms with van der Waals surface area (Å²) in [5, 5.41) is 9.94. The number of anilines is 1. The van der Waals surface area contributed by atoms with Crippen molar-refractivity contribution in [2.45, 2.75) is 0 Å². The highest BCUT2D eigenvalue weighted by Gasteiger charge is 1.94. The molecule has 0 aromatic carbocycles. The van der Waals surface area contributed by atoms with Gasteiger partial charge in [-0.2, -0.15) is 0 Å². The molecule has 0 aliphatic carbocycles. The van der Waals surface area contributed by atoms with Crippen LogP contribution in [0.25, 0.3) is 0 Å². The van der Waals surface area contributed by atoms with E-state index < -0.39 is 0 Å². The Kier molecular flexibility index (Phi) is 2.71. The quantitative estimate of drug-likeness (QED) is 0.262. The van der Waals surface area contributed by atoms with Gasteiger partial charge in [-0.25, -0.2) is 4.57 Å². The van der Waals surface area contributed by atoms with Gasteiger partial charge in [0.2, 0.25) is 0 Å². The zero-order chi connectivity index (χ0) is 8.97. The molecule has 5 heteroatoms. The topological polar surface area (TPSA) is 65.8 Å². The minimum Gasteiger partial charge on any atom is -0.376 e. The van der Waals surface area contributed by atoms with E-state index in [0.717, 1.165) is 5.69 Å². The standard InChI is InChI=1S/C7H8N4S/c8-5-11-3-1-6(2-4-11)10-7(9)12/h1-5,8H,(H2,9,12)/p+1. The average Bonchev–Trinajstić information content (AvgIpc) is 2.05. The highest BCUT2D eigenvalue weighted by molar-refractivity contribution is 7.80. The molecule has 1 heterocycles. The minimum atomic E-state index is 0.239. The molecule has 0 bridgehead atoms. The molecule has 0 unspecified atom stereocenters. The number of thiocarbonyl (C=S) groups is 1. The third-order valence-electron chi connectivity index (χ3n) is 1.27. The molecule has 0 radical (unpaired) electrons. The fraction of sp³-hybridized carbons (Fsp3) is 0. The summed E-state index contributed by atoms with van der Waals surface area (Å²) in [6.07, 6.45) is 4.66. The van der Waals surface area contributed by atoms with E-state index in [1.807, 2.05) is 0 Å². The van der Waals surface area contributed by atoms with Crippen molar-refractivity contribution in [3.05, 3.63) is 24.5 Å². The predicted molar refractivity (Wildman–Crippen MR) is 51.2 cm³/mol.